The van der Waals surface area contributed by atoms with Crippen molar-refractivity contribution in [2.24, 2.45) is 5.73 Å². The van der Waals surface area contributed by atoms with Crippen LogP contribution in [0.4, 0.5) is 5.82 Å². The lowest BCUT2D eigenvalue weighted by Gasteiger charge is -2.14. The van der Waals surface area contributed by atoms with Crippen LogP contribution < -0.4 is 11.1 Å². The molecule has 0 bridgehead atoms. The molecule has 3 N–H and O–H groups in total. The van der Waals surface area contributed by atoms with Gasteiger partial charge >= 0.3 is 0 Å². The fourth-order valence-electron chi connectivity index (χ4n) is 2.66. The van der Waals surface area contributed by atoms with Gasteiger partial charge in [-0.2, -0.15) is 0 Å². The van der Waals surface area contributed by atoms with Crippen molar-refractivity contribution in [3.05, 3.63) is 71.0 Å². The summed E-state index contributed by atoms with van der Waals surface area (Å²) < 4.78 is 23.1. The molecular weight excluding hydrogens is 396 g/mol. The summed E-state index contributed by atoms with van der Waals surface area (Å²) in [5, 5.41) is 3.88. The van der Waals surface area contributed by atoms with Crippen molar-refractivity contribution >= 4 is 27.3 Å². The van der Waals surface area contributed by atoms with Gasteiger partial charge in [-0.05, 0) is 36.2 Å². The van der Waals surface area contributed by atoms with Gasteiger partial charge in [0.25, 0.3) is 0 Å². The van der Waals surface area contributed by atoms with E-state index < -0.39 is 9.84 Å². The van der Waals surface area contributed by atoms with Crippen molar-refractivity contribution in [2.45, 2.75) is 17.9 Å². The summed E-state index contributed by atoms with van der Waals surface area (Å²) >= 11 is 6.20. The van der Waals surface area contributed by atoms with Gasteiger partial charge in [0.1, 0.15) is 12.1 Å². The highest BCUT2D eigenvalue weighted by molar-refractivity contribution is 7.90. The summed E-state index contributed by atoms with van der Waals surface area (Å²) in [5.74, 6) is 0.643. The molecule has 3 aromatic rings. The minimum atomic E-state index is -3.22. The van der Waals surface area contributed by atoms with Crippen molar-refractivity contribution in [1.29, 1.82) is 0 Å². The topological polar surface area (TPSA) is 98.0 Å². The van der Waals surface area contributed by atoms with E-state index >= 15 is 0 Å². The quantitative estimate of drug-likeness (QED) is 0.636. The van der Waals surface area contributed by atoms with Crippen LogP contribution in [0.1, 0.15) is 17.2 Å². The molecule has 1 heterocycles. The van der Waals surface area contributed by atoms with Gasteiger partial charge in [0, 0.05) is 35.5 Å². The van der Waals surface area contributed by atoms with Crippen LogP contribution in [0, 0.1) is 6.92 Å². The molecule has 6 nitrogen and oxygen atoms in total. The summed E-state index contributed by atoms with van der Waals surface area (Å²) in [4.78, 5) is 8.80. The Hall–Kier alpha value is -2.48. The second kappa shape index (κ2) is 8.26. The summed E-state index contributed by atoms with van der Waals surface area (Å²) in [6, 6.07) is 13.9. The number of aromatic nitrogens is 2. The molecule has 1 atom stereocenters. The number of benzene rings is 2. The number of nitrogens with one attached hydrogen (secondary N) is 1. The first-order chi connectivity index (χ1) is 13.2. The van der Waals surface area contributed by atoms with Crippen LogP contribution in [0.5, 0.6) is 0 Å². The SMILES string of the molecule is Cc1ccc(-c2cc(NC[C@H](N)c3ccc(S(C)(=O)=O)cc3)ncn2)cc1Cl. The van der Waals surface area contributed by atoms with Crippen molar-refractivity contribution in [1.82, 2.24) is 9.97 Å². The maximum absolute atomic E-state index is 11.5. The Kier molecular flexibility index (Phi) is 5.98. The van der Waals surface area contributed by atoms with Crippen LogP contribution in [-0.2, 0) is 9.84 Å². The van der Waals surface area contributed by atoms with Crippen LogP contribution in [0.25, 0.3) is 11.3 Å². The molecule has 0 aliphatic rings. The fraction of sp³-hybridized carbons (Fsp3) is 0.200. The van der Waals surface area contributed by atoms with Gasteiger partial charge in [0.2, 0.25) is 0 Å². The molecule has 0 aliphatic heterocycles. The molecule has 8 heteroatoms. The molecule has 2 aromatic carbocycles. The zero-order chi connectivity index (χ0) is 20.3. The number of nitrogens with two attached hydrogens (primary N) is 1. The smallest absolute Gasteiger partial charge is 0.175 e. The van der Waals surface area contributed by atoms with Gasteiger partial charge in [-0.25, -0.2) is 18.4 Å². The number of rotatable bonds is 6. The third kappa shape index (κ3) is 4.86. The number of sulfone groups is 1. The number of halogens is 1. The molecule has 28 heavy (non-hydrogen) atoms. The van der Waals surface area contributed by atoms with Gasteiger partial charge in [0.05, 0.1) is 10.6 Å². The highest BCUT2D eigenvalue weighted by atomic mass is 35.5. The molecule has 146 valence electrons. The van der Waals surface area contributed by atoms with Gasteiger partial charge < -0.3 is 11.1 Å². The minimum absolute atomic E-state index is 0.272. The Balaban J connectivity index is 1.70. The summed E-state index contributed by atoms with van der Waals surface area (Å²) in [6.45, 7) is 2.38. The second-order valence-corrected chi connectivity index (χ2v) is 9.00. The zero-order valence-electron chi connectivity index (χ0n) is 15.6. The van der Waals surface area contributed by atoms with Gasteiger partial charge in [-0.3, -0.25) is 0 Å². The summed E-state index contributed by atoms with van der Waals surface area (Å²) in [5.41, 5.74) is 9.71. The Morgan fingerprint density at radius 2 is 1.82 bits per heavy atom. The molecule has 0 aliphatic carbocycles. The van der Waals surface area contributed by atoms with Crippen molar-refractivity contribution in [3.8, 4) is 11.3 Å². The molecule has 0 unspecified atom stereocenters. The largest absolute Gasteiger partial charge is 0.368 e. The number of hydrogen-bond acceptors (Lipinski definition) is 6. The standard InChI is InChI=1S/C20H21ClN4O2S/c1-13-3-4-15(9-17(13)21)19-10-20(25-12-24-19)23-11-18(22)14-5-7-16(8-6-14)28(2,26)27/h3-10,12,18H,11,22H2,1-2H3,(H,23,24,25)/t18-/m0/s1. The van der Waals surface area contributed by atoms with Crippen molar-refractivity contribution in [2.75, 3.05) is 18.1 Å². The average Bonchev–Trinajstić information content (AvgIpc) is 2.68. The Morgan fingerprint density at radius 3 is 2.46 bits per heavy atom. The minimum Gasteiger partial charge on any atom is -0.368 e. The molecule has 0 amide bonds. The molecule has 0 fully saturated rings. The van der Waals surface area contributed by atoms with E-state index in [9.17, 15) is 8.42 Å². The van der Waals surface area contributed by atoms with E-state index in [1.54, 1.807) is 24.3 Å². The maximum atomic E-state index is 11.5. The lowest BCUT2D eigenvalue weighted by atomic mass is 10.1. The van der Waals surface area contributed by atoms with E-state index in [0.717, 1.165) is 22.4 Å². The normalized spacial score (nSPS) is 12.6. The third-order valence-corrected chi connectivity index (χ3v) is 5.91. The molecular formula is C20H21ClN4O2S. The average molecular weight is 417 g/mol. The highest BCUT2D eigenvalue weighted by Crippen LogP contribution is 2.25. The number of anilines is 1. The Bertz CT molecular complexity index is 1090. The van der Waals surface area contributed by atoms with Crippen LogP contribution in [0.3, 0.4) is 0 Å². The number of hydrogen-bond donors (Lipinski definition) is 2. The van der Waals surface area contributed by atoms with E-state index in [0.29, 0.717) is 17.4 Å². The molecule has 1 aromatic heterocycles. The first-order valence-electron chi connectivity index (χ1n) is 8.62. The molecule has 0 saturated heterocycles. The maximum Gasteiger partial charge on any atom is 0.175 e. The predicted octanol–water partition coefficient (Wildman–Crippen LogP) is 3.62. The number of aryl methyl sites for hydroxylation is 1. The van der Waals surface area contributed by atoms with Crippen LogP contribution in [0.15, 0.2) is 59.8 Å². The fourth-order valence-corrected chi connectivity index (χ4v) is 3.47. The van der Waals surface area contributed by atoms with Gasteiger partial charge in [-0.15, -0.1) is 0 Å². The Morgan fingerprint density at radius 1 is 1.11 bits per heavy atom. The highest BCUT2D eigenvalue weighted by Gasteiger charge is 2.11. The third-order valence-electron chi connectivity index (χ3n) is 4.37. The summed E-state index contributed by atoms with van der Waals surface area (Å²) in [7, 11) is -3.22. The van der Waals surface area contributed by atoms with Crippen LogP contribution in [-0.4, -0.2) is 31.2 Å². The lowest BCUT2D eigenvalue weighted by molar-refractivity contribution is 0.601. The van der Waals surface area contributed by atoms with Gasteiger partial charge in [0.15, 0.2) is 9.84 Å². The van der Waals surface area contributed by atoms with Crippen molar-refractivity contribution in [3.63, 3.8) is 0 Å². The zero-order valence-corrected chi connectivity index (χ0v) is 17.1. The van der Waals surface area contributed by atoms with Crippen LogP contribution >= 0.6 is 11.6 Å². The molecule has 3 rings (SSSR count). The van der Waals surface area contributed by atoms with E-state index in [4.69, 9.17) is 17.3 Å². The first kappa shape index (κ1) is 20.3. The Labute approximate surface area is 169 Å². The van der Waals surface area contributed by atoms with E-state index in [2.05, 4.69) is 15.3 Å². The monoisotopic (exact) mass is 416 g/mol. The van der Waals surface area contributed by atoms with E-state index in [1.807, 2.05) is 31.2 Å². The second-order valence-electron chi connectivity index (χ2n) is 6.58. The van der Waals surface area contributed by atoms with Crippen molar-refractivity contribution < 1.29 is 8.42 Å². The van der Waals surface area contributed by atoms with Crippen LogP contribution in [0.2, 0.25) is 5.02 Å². The summed E-state index contributed by atoms with van der Waals surface area (Å²) in [6.07, 6.45) is 2.66. The van der Waals surface area contributed by atoms with E-state index in [1.165, 1.54) is 12.6 Å². The van der Waals surface area contributed by atoms with Gasteiger partial charge in [-0.1, -0.05) is 35.9 Å². The molecule has 0 spiro atoms. The first-order valence-corrected chi connectivity index (χ1v) is 10.9. The predicted molar refractivity (Wildman–Crippen MR) is 112 cm³/mol. The molecule has 0 saturated carbocycles. The number of nitrogens with zero attached hydrogens (tertiary/aromatic N) is 2. The molecule has 0 radical (unpaired) electrons. The lowest BCUT2D eigenvalue weighted by Crippen LogP contribution is -2.21. The van der Waals surface area contributed by atoms with E-state index in [-0.39, 0.29) is 10.9 Å².